The Labute approximate surface area is 168 Å². The Morgan fingerprint density at radius 1 is 1.03 bits per heavy atom. The fourth-order valence-electron chi connectivity index (χ4n) is 3.46. The van der Waals surface area contributed by atoms with Crippen LogP contribution in [-0.4, -0.2) is 44.9 Å². The summed E-state index contributed by atoms with van der Waals surface area (Å²) in [5, 5.41) is 10.6. The van der Waals surface area contributed by atoms with Gasteiger partial charge in [0.15, 0.2) is 0 Å². The Morgan fingerprint density at radius 3 is 2.34 bits per heavy atom. The summed E-state index contributed by atoms with van der Waals surface area (Å²) in [4.78, 5) is 41.0. The fraction of sp³-hybridized carbons (Fsp3) is 0.227. The molecule has 0 radical (unpaired) electrons. The number of fused-ring (bicyclic) bond motifs is 1. The Bertz CT molecular complexity index is 1030. The molecule has 29 heavy (non-hydrogen) atoms. The third kappa shape index (κ3) is 4.52. The van der Waals surface area contributed by atoms with Crippen LogP contribution < -0.4 is 5.73 Å². The number of nitrogens with two attached hydrogens (primary N) is 1. The quantitative estimate of drug-likeness (QED) is 0.568. The van der Waals surface area contributed by atoms with Gasteiger partial charge in [0.25, 0.3) is 0 Å². The molecule has 0 saturated carbocycles. The number of amides is 2. The number of nitrogens with zero attached hydrogens (tertiary/aromatic N) is 1. The van der Waals surface area contributed by atoms with Crippen molar-refractivity contribution in [2.75, 3.05) is 0 Å². The number of nitrogens with one attached hydrogen (secondary N) is 1. The molecule has 0 fully saturated rings. The van der Waals surface area contributed by atoms with Crippen LogP contribution in [0.2, 0.25) is 0 Å². The lowest BCUT2D eigenvalue weighted by molar-refractivity contribution is -0.157. The molecule has 1 aromatic heterocycles. The summed E-state index contributed by atoms with van der Waals surface area (Å²) >= 11 is 0. The summed E-state index contributed by atoms with van der Waals surface area (Å²) in [5.74, 6) is -2.61. The van der Waals surface area contributed by atoms with Crippen LogP contribution >= 0.6 is 0 Å². The van der Waals surface area contributed by atoms with E-state index in [1.807, 2.05) is 54.6 Å². The van der Waals surface area contributed by atoms with Crippen molar-refractivity contribution in [2.45, 2.75) is 31.8 Å². The highest BCUT2D eigenvalue weighted by Gasteiger charge is 2.36. The molecule has 2 unspecified atom stereocenters. The second kappa shape index (κ2) is 8.70. The first-order valence-electron chi connectivity index (χ1n) is 9.29. The molecule has 0 bridgehead atoms. The van der Waals surface area contributed by atoms with Crippen molar-refractivity contribution >= 4 is 28.7 Å². The molecule has 3 aromatic rings. The van der Waals surface area contributed by atoms with Crippen molar-refractivity contribution in [3.63, 3.8) is 0 Å². The van der Waals surface area contributed by atoms with Gasteiger partial charge < -0.3 is 15.8 Å². The molecule has 0 aliphatic rings. The number of aromatic nitrogens is 1. The van der Waals surface area contributed by atoms with Gasteiger partial charge >= 0.3 is 5.97 Å². The van der Waals surface area contributed by atoms with E-state index in [2.05, 4.69) is 4.98 Å². The SMILES string of the molecule is CC(=O)N(C(=O)C(N)Cc1ccccc1)C(Cc1c[nH]c2ccccc12)C(=O)O. The largest absolute Gasteiger partial charge is 0.480 e. The number of aliphatic carboxylic acids is 1. The number of hydrogen-bond donors (Lipinski definition) is 3. The average Bonchev–Trinajstić information content (AvgIpc) is 3.10. The minimum absolute atomic E-state index is 0.0112. The van der Waals surface area contributed by atoms with E-state index < -0.39 is 29.9 Å². The molecule has 0 spiro atoms. The van der Waals surface area contributed by atoms with Crippen LogP contribution in [0.15, 0.2) is 60.8 Å². The summed E-state index contributed by atoms with van der Waals surface area (Å²) in [5.41, 5.74) is 8.45. The molecule has 0 saturated heterocycles. The zero-order valence-electron chi connectivity index (χ0n) is 16.0. The van der Waals surface area contributed by atoms with Crippen molar-refractivity contribution in [2.24, 2.45) is 5.73 Å². The van der Waals surface area contributed by atoms with Crippen LogP contribution in [0.3, 0.4) is 0 Å². The maximum Gasteiger partial charge on any atom is 0.327 e. The lowest BCUT2D eigenvalue weighted by atomic mass is 10.0. The Balaban J connectivity index is 1.86. The van der Waals surface area contributed by atoms with Gasteiger partial charge in [-0.05, 0) is 23.6 Å². The summed E-state index contributed by atoms with van der Waals surface area (Å²) < 4.78 is 0. The first-order chi connectivity index (χ1) is 13.9. The lowest BCUT2D eigenvalue weighted by Gasteiger charge is -2.28. The first kappa shape index (κ1) is 20.3. The maximum absolute atomic E-state index is 12.9. The van der Waals surface area contributed by atoms with Crippen LogP contribution in [0, 0.1) is 0 Å². The van der Waals surface area contributed by atoms with Crippen molar-refractivity contribution < 1.29 is 19.5 Å². The number of carbonyl (C=O) groups excluding carboxylic acids is 2. The van der Waals surface area contributed by atoms with Crippen LogP contribution in [0.25, 0.3) is 10.9 Å². The number of rotatable bonds is 7. The Kier molecular flexibility index (Phi) is 6.09. The van der Waals surface area contributed by atoms with Gasteiger partial charge in [-0.25, -0.2) is 4.79 Å². The summed E-state index contributed by atoms with van der Waals surface area (Å²) in [6.45, 7) is 1.18. The number of benzene rings is 2. The molecule has 0 aliphatic carbocycles. The van der Waals surface area contributed by atoms with Gasteiger partial charge in [0, 0.05) is 30.4 Å². The van der Waals surface area contributed by atoms with Gasteiger partial charge in [-0.15, -0.1) is 0 Å². The number of hydrogen-bond acceptors (Lipinski definition) is 4. The fourth-order valence-corrected chi connectivity index (χ4v) is 3.46. The van der Waals surface area contributed by atoms with Gasteiger partial charge in [0.1, 0.15) is 6.04 Å². The molecular formula is C22H23N3O4. The summed E-state index contributed by atoms with van der Waals surface area (Å²) in [6.07, 6.45) is 1.90. The number of carboxylic acids is 1. The standard InChI is InChI=1S/C22H23N3O4/c1-14(26)25(21(27)18(23)11-15-7-3-2-4-8-15)20(22(28)29)12-16-13-24-19-10-6-5-9-17(16)19/h2-10,13,18,20,24H,11-12,23H2,1H3,(H,28,29). The second-order valence-corrected chi connectivity index (χ2v) is 6.94. The van der Waals surface area contributed by atoms with E-state index in [4.69, 9.17) is 5.73 Å². The highest BCUT2D eigenvalue weighted by Crippen LogP contribution is 2.21. The topological polar surface area (TPSA) is 116 Å². The monoisotopic (exact) mass is 393 g/mol. The van der Waals surface area contributed by atoms with Gasteiger partial charge in [-0.1, -0.05) is 48.5 Å². The predicted octanol–water partition coefficient (Wildman–Crippen LogP) is 2.11. The zero-order valence-corrected chi connectivity index (χ0v) is 16.0. The number of carbonyl (C=O) groups is 3. The van der Waals surface area contributed by atoms with Crippen LogP contribution in [0.1, 0.15) is 18.1 Å². The van der Waals surface area contributed by atoms with Gasteiger partial charge in [-0.3, -0.25) is 14.5 Å². The third-order valence-corrected chi connectivity index (χ3v) is 4.88. The van der Waals surface area contributed by atoms with E-state index in [0.29, 0.717) is 5.56 Å². The van der Waals surface area contributed by atoms with Gasteiger partial charge in [0.2, 0.25) is 11.8 Å². The maximum atomic E-state index is 12.9. The molecule has 4 N–H and O–H groups in total. The highest BCUT2D eigenvalue weighted by molar-refractivity contribution is 6.00. The number of H-pyrrole nitrogens is 1. The van der Waals surface area contributed by atoms with Crippen LogP contribution in [0.4, 0.5) is 0 Å². The Hall–Kier alpha value is -3.45. The molecule has 2 aromatic carbocycles. The van der Waals surface area contributed by atoms with Crippen molar-refractivity contribution in [1.82, 2.24) is 9.88 Å². The van der Waals surface area contributed by atoms with E-state index in [-0.39, 0.29) is 12.8 Å². The lowest BCUT2D eigenvalue weighted by Crippen LogP contribution is -2.54. The number of carboxylic acid groups (broad SMARTS) is 1. The first-order valence-corrected chi connectivity index (χ1v) is 9.29. The normalized spacial score (nSPS) is 13.0. The molecule has 3 rings (SSSR count). The summed E-state index contributed by atoms with van der Waals surface area (Å²) in [6, 6.07) is 14.2. The van der Waals surface area contributed by atoms with Crippen molar-refractivity contribution in [3.05, 3.63) is 71.9 Å². The number of aromatic amines is 1. The molecule has 7 nitrogen and oxygen atoms in total. The van der Waals surface area contributed by atoms with Crippen molar-refractivity contribution in [1.29, 1.82) is 0 Å². The average molecular weight is 393 g/mol. The molecular weight excluding hydrogens is 370 g/mol. The van der Waals surface area contributed by atoms with E-state index in [1.54, 1.807) is 6.20 Å². The third-order valence-electron chi connectivity index (χ3n) is 4.88. The van der Waals surface area contributed by atoms with Gasteiger partial charge in [-0.2, -0.15) is 0 Å². The van der Waals surface area contributed by atoms with E-state index in [0.717, 1.165) is 21.4 Å². The molecule has 1 heterocycles. The van der Waals surface area contributed by atoms with Crippen LogP contribution in [0.5, 0.6) is 0 Å². The van der Waals surface area contributed by atoms with Crippen molar-refractivity contribution in [3.8, 4) is 0 Å². The molecule has 2 atom stereocenters. The Morgan fingerprint density at radius 2 is 1.69 bits per heavy atom. The highest BCUT2D eigenvalue weighted by atomic mass is 16.4. The minimum atomic E-state index is -1.35. The van der Waals surface area contributed by atoms with Crippen LogP contribution in [-0.2, 0) is 27.2 Å². The zero-order chi connectivity index (χ0) is 21.0. The molecule has 150 valence electrons. The van der Waals surface area contributed by atoms with E-state index in [9.17, 15) is 19.5 Å². The molecule has 2 amide bonds. The second-order valence-electron chi connectivity index (χ2n) is 6.94. The van der Waals surface area contributed by atoms with Gasteiger partial charge in [0.05, 0.1) is 6.04 Å². The summed E-state index contributed by atoms with van der Waals surface area (Å²) in [7, 11) is 0. The minimum Gasteiger partial charge on any atom is -0.480 e. The predicted molar refractivity (Wildman–Crippen MR) is 109 cm³/mol. The van der Waals surface area contributed by atoms with E-state index in [1.165, 1.54) is 6.92 Å². The number of imide groups is 1. The molecule has 7 heteroatoms. The number of para-hydroxylation sites is 1. The molecule has 0 aliphatic heterocycles. The van der Waals surface area contributed by atoms with E-state index >= 15 is 0 Å². The smallest absolute Gasteiger partial charge is 0.327 e.